The van der Waals surface area contributed by atoms with E-state index in [1.807, 2.05) is 29.1 Å². The van der Waals surface area contributed by atoms with Gasteiger partial charge in [0.25, 0.3) is 0 Å². The second-order valence-corrected chi connectivity index (χ2v) is 6.63. The van der Waals surface area contributed by atoms with Gasteiger partial charge in [-0.1, -0.05) is 35.5 Å². The first kappa shape index (κ1) is 16.0. The average Bonchev–Trinajstić information content (AvgIpc) is 3.28. The number of aromatic nitrogens is 5. The molecule has 1 fully saturated rings. The van der Waals surface area contributed by atoms with E-state index >= 15 is 0 Å². The molecule has 0 atom stereocenters. The number of hydrogen-bond donors (Lipinski definition) is 1. The average molecular weight is 337 g/mol. The van der Waals surface area contributed by atoms with Crippen molar-refractivity contribution in [3.8, 4) is 11.3 Å². The van der Waals surface area contributed by atoms with Crippen molar-refractivity contribution < 1.29 is 0 Å². The first-order valence-electron chi connectivity index (χ1n) is 8.66. The highest BCUT2D eigenvalue weighted by Crippen LogP contribution is 2.17. The van der Waals surface area contributed by atoms with E-state index in [-0.39, 0.29) is 0 Å². The fourth-order valence-corrected chi connectivity index (χ4v) is 3.10. The predicted molar refractivity (Wildman–Crippen MR) is 95.9 cm³/mol. The second-order valence-electron chi connectivity index (χ2n) is 6.63. The summed E-state index contributed by atoms with van der Waals surface area (Å²) in [5, 5.41) is 16.1. The van der Waals surface area contributed by atoms with Crippen LogP contribution in [-0.2, 0) is 13.1 Å². The van der Waals surface area contributed by atoms with Crippen molar-refractivity contribution in [2.75, 3.05) is 33.2 Å². The van der Waals surface area contributed by atoms with Crippen LogP contribution >= 0.6 is 0 Å². The first-order chi connectivity index (χ1) is 12.3. The van der Waals surface area contributed by atoms with Crippen LogP contribution in [0.15, 0.2) is 42.6 Å². The molecule has 1 saturated heterocycles. The Kier molecular flexibility index (Phi) is 4.58. The Morgan fingerprint density at radius 3 is 2.64 bits per heavy atom. The summed E-state index contributed by atoms with van der Waals surface area (Å²) in [6.45, 7) is 5.92. The van der Waals surface area contributed by atoms with E-state index in [9.17, 15) is 0 Å². The molecule has 3 aromatic rings. The van der Waals surface area contributed by atoms with Crippen molar-refractivity contribution >= 4 is 0 Å². The van der Waals surface area contributed by atoms with Crippen molar-refractivity contribution in [2.45, 2.75) is 13.1 Å². The van der Waals surface area contributed by atoms with E-state index in [4.69, 9.17) is 0 Å². The molecule has 4 rings (SSSR count). The summed E-state index contributed by atoms with van der Waals surface area (Å²) >= 11 is 0. The van der Waals surface area contributed by atoms with Crippen molar-refractivity contribution in [1.82, 2.24) is 35.0 Å². The van der Waals surface area contributed by atoms with Crippen LogP contribution in [0.4, 0.5) is 0 Å². The van der Waals surface area contributed by atoms with E-state index in [1.165, 1.54) is 0 Å². The molecule has 2 aromatic heterocycles. The minimum absolute atomic E-state index is 0.648. The maximum Gasteiger partial charge on any atom is 0.0967 e. The van der Waals surface area contributed by atoms with E-state index in [0.717, 1.165) is 55.4 Å². The highest BCUT2D eigenvalue weighted by molar-refractivity contribution is 5.58. The molecule has 1 aliphatic rings. The fraction of sp³-hybridized carbons (Fsp3) is 0.389. The third-order valence-corrected chi connectivity index (χ3v) is 4.60. The normalized spacial score (nSPS) is 16.4. The highest BCUT2D eigenvalue weighted by Gasteiger charge is 2.15. The number of rotatable bonds is 5. The molecule has 0 bridgehead atoms. The van der Waals surface area contributed by atoms with E-state index in [2.05, 4.69) is 55.6 Å². The number of aromatic amines is 1. The summed E-state index contributed by atoms with van der Waals surface area (Å²) in [6.07, 6.45) is 2.03. The highest BCUT2D eigenvalue weighted by atomic mass is 15.4. The molecule has 0 saturated carbocycles. The molecule has 7 nitrogen and oxygen atoms in total. The number of nitrogens with zero attached hydrogens (tertiary/aromatic N) is 6. The molecular weight excluding hydrogens is 314 g/mol. The number of nitrogens with one attached hydrogen (secondary N) is 1. The topological polar surface area (TPSA) is 65.9 Å². The quantitative estimate of drug-likeness (QED) is 0.764. The zero-order valence-electron chi connectivity index (χ0n) is 14.5. The van der Waals surface area contributed by atoms with Gasteiger partial charge in [0.05, 0.1) is 29.8 Å². The van der Waals surface area contributed by atoms with Crippen molar-refractivity contribution in [3.63, 3.8) is 0 Å². The molecule has 1 aliphatic heterocycles. The smallest absolute Gasteiger partial charge is 0.0967 e. The first-order valence-corrected chi connectivity index (χ1v) is 8.66. The maximum absolute atomic E-state index is 4.39. The van der Waals surface area contributed by atoms with Gasteiger partial charge in [0, 0.05) is 38.3 Å². The summed E-state index contributed by atoms with van der Waals surface area (Å²) in [5.74, 6) is 0. The summed E-state index contributed by atoms with van der Waals surface area (Å²) in [4.78, 5) is 4.79. The van der Waals surface area contributed by atoms with Crippen LogP contribution in [0.1, 0.15) is 11.4 Å². The minimum Gasteiger partial charge on any atom is -0.304 e. The lowest BCUT2D eigenvalue weighted by Crippen LogP contribution is -2.43. The Labute approximate surface area is 147 Å². The van der Waals surface area contributed by atoms with Crippen LogP contribution in [0.25, 0.3) is 11.3 Å². The lowest BCUT2D eigenvalue weighted by molar-refractivity contribution is 0.147. The van der Waals surface area contributed by atoms with Crippen molar-refractivity contribution in [1.29, 1.82) is 0 Å². The lowest BCUT2D eigenvalue weighted by atomic mass is 10.1. The summed E-state index contributed by atoms with van der Waals surface area (Å²) in [6, 6.07) is 12.2. The zero-order chi connectivity index (χ0) is 17.1. The van der Waals surface area contributed by atoms with Crippen molar-refractivity contribution in [2.24, 2.45) is 0 Å². The van der Waals surface area contributed by atoms with Crippen LogP contribution in [0, 0.1) is 0 Å². The Balaban J connectivity index is 1.37. The van der Waals surface area contributed by atoms with Crippen LogP contribution < -0.4 is 0 Å². The minimum atomic E-state index is 0.648. The molecule has 3 heterocycles. The van der Waals surface area contributed by atoms with Gasteiger partial charge in [-0.3, -0.25) is 10.00 Å². The molecule has 0 amide bonds. The van der Waals surface area contributed by atoms with Gasteiger partial charge in [-0.15, -0.1) is 5.10 Å². The number of likely N-dealkylation sites (N-methyl/N-ethyl adjacent to an activating group) is 1. The van der Waals surface area contributed by atoms with Gasteiger partial charge in [0.2, 0.25) is 0 Å². The van der Waals surface area contributed by atoms with Gasteiger partial charge in [-0.05, 0) is 13.1 Å². The van der Waals surface area contributed by atoms with Crippen LogP contribution in [0.3, 0.4) is 0 Å². The molecular formula is C18H23N7. The van der Waals surface area contributed by atoms with Crippen LogP contribution in [-0.4, -0.2) is 68.2 Å². The Morgan fingerprint density at radius 1 is 1.04 bits per heavy atom. The molecule has 1 aromatic carbocycles. The van der Waals surface area contributed by atoms with E-state index < -0.39 is 0 Å². The fourth-order valence-electron chi connectivity index (χ4n) is 3.10. The number of piperazine rings is 1. The molecule has 0 unspecified atom stereocenters. The predicted octanol–water partition coefficient (Wildman–Crippen LogP) is 1.46. The van der Waals surface area contributed by atoms with Crippen LogP contribution in [0.2, 0.25) is 0 Å². The van der Waals surface area contributed by atoms with E-state index in [1.54, 1.807) is 0 Å². The van der Waals surface area contributed by atoms with Gasteiger partial charge < -0.3 is 4.90 Å². The Bertz CT molecular complexity index is 800. The Morgan fingerprint density at radius 2 is 1.84 bits per heavy atom. The summed E-state index contributed by atoms with van der Waals surface area (Å²) in [5.41, 5.74) is 4.11. The lowest BCUT2D eigenvalue weighted by Gasteiger charge is -2.31. The molecule has 0 spiro atoms. The van der Waals surface area contributed by atoms with Gasteiger partial charge >= 0.3 is 0 Å². The summed E-state index contributed by atoms with van der Waals surface area (Å²) < 4.78 is 1.87. The van der Waals surface area contributed by atoms with Crippen molar-refractivity contribution in [3.05, 3.63) is 54.0 Å². The number of benzene rings is 1. The molecule has 0 aliphatic carbocycles. The molecule has 1 N–H and O–H groups in total. The second kappa shape index (κ2) is 7.16. The van der Waals surface area contributed by atoms with E-state index in [0.29, 0.717) is 6.54 Å². The molecule has 25 heavy (non-hydrogen) atoms. The number of hydrogen-bond acceptors (Lipinski definition) is 5. The maximum atomic E-state index is 4.39. The standard InChI is InChI=1S/C18H23N7/c1-23-7-9-24(10-8-23)12-17-14-25(22-20-17)13-16-11-18(21-19-16)15-5-3-2-4-6-15/h2-6,11,14H,7-10,12-13H2,1H3,(H,19,21). The SMILES string of the molecule is CN1CCN(Cc2cn(Cc3cc(-c4ccccc4)n[nH]3)nn2)CC1. The molecule has 0 radical (unpaired) electrons. The van der Waals surface area contributed by atoms with Crippen LogP contribution in [0.5, 0.6) is 0 Å². The summed E-state index contributed by atoms with van der Waals surface area (Å²) in [7, 11) is 2.17. The third-order valence-electron chi connectivity index (χ3n) is 4.60. The largest absolute Gasteiger partial charge is 0.304 e. The third kappa shape index (κ3) is 3.94. The molecule has 7 heteroatoms. The Hall–Kier alpha value is -2.51. The van der Waals surface area contributed by atoms with Gasteiger partial charge in [0.15, 0.2) is 0 Å². The van der Waals surface area contributed by atoms with Gasteiger partial charge in [-0.25, -0.2) is 4.68 Å². The number of H-pyrrole nitrogens is 1. The van der Waals surface area contributed by atoms with Gasteiger partial charge in [-0.2, -0.15) is 5.10 Å². The molecule has 130 valence electrons. The zero-order valence-corrected chi connectivity index (χ0v) is 14.5. The monoisotopic (exact) mass is 337 g/mol. The van der Waals surface area contributed by atoms with Gasteiger partial charge in [0.1, 0.15) is 0 Å².